The summed E-state index contributed by atoms with van der Waals surface area (Å²) in [5.74, 6) is -0.299. The van der Waals surface area contributed by atoms with E-state index in [0.29, 0.717) is 18.7 Å². The van der Waals surface area contributed by atoms with Gasteiger partial charge in [-0.3, -0.25) is 5.10 Å². The minimum absolute atomic E-state index is 0.299. The molecule has 2 rings (SSSR count). The van der Waals surface area contributed by atoms with Crippen LogP contribution in [0.3, 0.4) is 0 Å². The molecule has 0 atom stereocenters. The van der Waals surface area contributed by atoms with E-state index in [1.54, 1.807) is 19.1 Å². The Hall–Kier alpha value is -2.30. The average molecular weight is 273 g/mol. The van der Waals surface area contributed by atoms with E-state index in [-0.39, 0.29) is 5.97 Å². The summed E-state index contributed by atoms with van der Waals surface area (Å²) in [5.41, 5.74) is 4.62. The molecule has 0 bridgehead atoms. The van der Waals surface area contributed by atoms with E-state index in [1.807, 2.05) is 26.0 Å². The number of hydrogen-bond acceptors (Lipinski definition) is 4. The number of nitrogens with zero attached hydrogens (tertiary/aromatic N) is 1. The van der Waals surface area contributed by atoms with Crippen LogP contribution >= 0.6 is 0 Å². The smallest absolute Gasteiger partial charge is 0.338 e. The molecule has 5 heteroatoms. The lowest BCUT2D eigenvalue weighted by Crippen LogP contribution is -2.06. The number of aromatic nitrogens is 2. The molecule has 1 aromatic carbocycles. The van der Waals surface area contributed by atoms with Crippen molar-refractivity contribution in [1.82, 2.24) is 10.2 Å². The number of benzene rings is 1. The third kappa shape index (κ3) is 3.17. The van der Waals surface area contributed by atoms with Gasteiger partial charge in [0.2, 0.25) is 0 Å². The minimum atomic E-state index is -0.299. The number of hydrogen-bond donors (Lipinski definition) is 2. The molecule has 106 valence electrons. The van der Waals surface area contributed by atoms with Crippen molar-refractivity contribution in [2.75, 3.05) is 11.9 Å². The van der Waals surface area contributed by atoms with Gasteiger partial charge in [0.1, 0.15) is 0 Å². The fourth-order valence-corrected chi connectivity index (χ4v) is 2.00. The number of nitrogens with one attached hydrogen (secondary N) is 2. The van der Waals surface area contributed by atoms with Gasteiger partial charge in [-0.15, -0.1) is 0 Å². The molecule has 0 saturated heterocycles. The van der Waals surface area contributed by atoms with Gasteiger partial charge in [0, 0.05) is 23.5 Å². The van der Waals surface area contributed by atoms with Gasteiger partial charge in [-0.2, -0.15) is 5.10 Å². The van der Waals surface area contributed by atoms with Crippen molar-refractivity contribution in [3.05, 3.63) is 46.8 Å². The topological polar surface area (TPSA) is 67.0 Å². The molecular weight excluding hydrogens is 254 g/mol. The zero-order chi connectivity index (χ0) is 14.5. The molecule has 1 aromatic heterocycles. The van der Waals surface area contributed by atoms with E-state index in [1.165, 1.54) is 0 Å². The van der Waals surface area contributed by atoms with E-state index in [0.717, 1.165) is 22.6 Å². The molecule has 0 fully saturated rings. The van der Waals surface area contributed by atoms with Gasteiger partial charge in [-0.25, -0.2) is 4.79 Å². The van der Waals surface area contributed by atoms with Crippen molar-refractivity contribution in [1.29, 1.82) is 0 Å². The number of aryl methyl sites for hydroxylation is 2. The first-order valence-corrected chi connectivity index (χ1v) is 6.63. The van der Waals surface area contributed by atoms with Crippen LogP contribution in [-0.4, -0.2) is 22.8 Å². The molecule has 0 aliphatic heterocycles. The van der Waals surface area contributed by atoms with E-state index in [4.69, 9.17) is 4.74 Å². The van der Waals surface area contributed by atoms with Crippen LogP contribution in [-0.2, 0) is 11.3 Å². The lowest BCUT2D eigenvalue weighted by molar-refractivity contribution is 0.0526. The van der Waals surface area contributed by atoms with Crippen LogP contribution in [0.25, 0.3) is 0 Å². The number of anilines is 1. The average Bonchev–Trinajstić information content (AvgIpc) is 2.76. The van der Waals surface area contributed by atoms with Crippen LogP contribution in [0.5, 0.6) is 0 Å². The number of esters is 1. The predicted octanol–water partition coefficient (Wildman–Crippen LogP) is 2.82. The Morgan fingerprint density at radius 2 is 2.20 bits per heavy atom. The molecule has 0 saturated carbocycles. The highest BCUT2D eigenvalue weighted by Crippen LogP contribution is 2.15. The second-order valence-electron chi connectivity index (χ2n) is 4.57. The Morgan fingerprint density at radius 3 is 2.85 bits per heavy atom. The molecule has 0 unspecified atom stereocenters. The SMILES string of the molecule is CCOC(=O)c1cccc(NCc2c(C)n[nH]c2C)c1. The first-order valence-electron chi connectivity index (χ1n) is 6.63. The van der Waals surface area contributed by atoms with Gasteiger partial charge < -0.3 is 10.1 Å². The van der Waals surface area contributed by atoms with E-state index < -0.39 is 0 Å². The first kappa shape index (κ1) is 14.1. The number of carbonyl (C=O) groups excluding carboxylic acids is 1. The predicted molar refractivity (Wildman–Crippen MR) is 77.8 cm³/mol. The standard InChI is InChI=1S/C15H19N3O2/c1-4-20-15(19)12-6-5-7-13(8-12)16-9-14-10(2)17-18-11(14)3/h5-8,16H,4,9H2,1-3H3,(H,17,18). The zero-order valence-electron chi connectivity index (χ0n) is 12.0. The molecule has 0 aliphatic carbocycles. The number of carbonyl (C=O) groups is 1. The number of H-pyrrole nitrogens is 1. The lowest BCUT2D eigenvalue weighted by atomic mass is 10.1. The van der Waals surface area contributed by atoms with Crippen molar-refractivity contribution in [3.8, 4) is 0 Å². The molecule has 2 N–H and O–H groups in total. The fourth-order valence-electron chi connectivity index (χ4n) is 2.00. The maximum absolute atomic E-state index is 11.7. The summed E-state index contributed by atoms with van der Waals surface area (Å²) in [6.07, 6.45) is 0. The molecule has 20 heavy (non-hydrogen) atoms. The molecule has 2 aromatic rings. The third-order valence-corrected chi connectivity index (χ3v) is 3.12. The van der Waals surface area contributed by atoms with Gasteiger partial charge in [0.05, 0.1) is 17.9 Å². The zero-order valence-corrected chi connectivity index (χ0v) is 12.0. The molecular formula is C15H19N3O2. The van der Waals surface area contributed by atoms with Crippen LogP contribution in [0.4, 0.5) is 5.69 Å². The number of ether oxygens (including phenoxy) is 1. The summed E-state index contributed by atoms with van der Waals surface area (Å²) < 4.78 is 4.99. The maximum atomic E-state index is 11.7. The van der Waals surface area contributed by atoms with Gasteiger partial charge in [-0.1, -0.05) is 6.07 Å². The first-order chi connectivity index (χ1) is 9.61. The van der Waals surface area contributed by atoms with Crippen molar-refractivity contribution in [2.24, 2.45) is 0 Å². The van der Waals surface area contributed by atoms with E-state index in [9.17, 15) is 4.79 Å². The summed E-state index contributed by atoms with van der Waals surface area (Å²) in [6, 6.07) is 7.30. The van der Waals surface area contributed by atoms with Crippen LogP contribution in [0.2, 0.25) is 0 Å². The molecule has 0 spiro atoms. The second kappa shape index (κ2) is 6.23. The van der Waals surface area contributed by atoms with Gasteiger partial charge >= 0.3 is 5.97 Å². The number of rotatable bonds is 5. The quantitative estimate of drug-likeness (QED) is 0.822. The third-order valence-electron chi connectivity index (χ3n) is 3.12. The fraction of sp³-hybridized carbons (Fsp3) is 0.333. The highest BCUT2D eigenvalue weighted by atomic mass is 16.5. The molecule has 1 heterocycles. The lowest BCUT2D eigenvalue weighted by Gasteiger charge is -2.08. The summed E-state index contributed by atoms with van der Waals surface area (Å²) >= 11 is 0. The van der Waals surface area contributed by atoms with Crippen LogP contribution in [0.1, 0.15) is 34.2 Å². The Kier molecular flexibility index (Phi) is 4.40. The summed E-state index contributed by atoms with van der Waals surface area (Å²) in [5, 5.41) is 10.4. The van der Waals surface area contributed by atoms with Crippen molar-refractivity contribution < 1.29 is 9.53 Å². The Balaban J connectivity index is 2.07. The van der Waals surface area contributed by atoms with Crippen LogP contribution in [0, 0.1) is 13.8 Å². The monoisotopic (exact) mass is 273 g/mol. The van der Waals surface area contributed by atoms with Gasteiger partial charge in [-0.05, 0) is 39.0 Å². The van der Waals surface area contributed by atoms with E-state index in [2.05, 4.69) is 15.5 Å². The van der Waals surface area contributed by atoms with Crippen molar-refractivity contribution in [2.45, 2.75) is 27.3 Å². The highest BCUT2D eigenvalue weighted by molar-refractivity contribution is 5.90. The van der Waals surface area contributed by atoms with Gasteiger partial charge in [0.25, 0.3) is 0 Å². The van der Waals surface area contributed by atoms with Crippen LogP contribution < -0.4 is 5.32 Å². The van der Waals surface area contributed by atoms with Crippen LogP contribution in [0.15, 0.2) is 24.3 Å². The largest absolute Gasteiger partial charge is 0.462 e. The van der Waals surface area contributed by atoms with E-state index >= 15 is 0 Å². The second-order valence-corrected chi connectivity index (χ2v) is 4.57. The summed E-state index contributed by atoms with van der Waals surface area (Å²) in [6.45, 7) is 6.80. The molecule has 0 aliphatic rings. The van der Waals surface area contributed by atoms with Crippen molar-refractivity contribution in [3.63, 3.8) is 0 Å². The summed E-state index contributed by atoms with van der Waals surface area (Å²) in [7, 11) is 0. The normalized spacial score (nSPS) is 10.3. The van der Waals surface area contributed by atoms with Gasteiger partial charge in [0.15, 0.2) is 0 Å². The molecule has 0 amide bonds. The van der Waals surface area contributed by atoms with Crippen molar-refractivity contribution >= 4 is 11.7 Å². The molecule has 5 nitrogen and oxygen atoms in total. The highest BCUT2D eigenvalue weighted by Gasteiger charge is 2.08. The molecule has 0 radical (unpaired) electrons. The summed E-state index contributed by atoms with van der Waals surface area (Å²) in [4.78, 5) is 11.7. The maximum Gasteiger partial charge on any atom is 0.338 e. The Labute approximate surface area is 118 Å². The number of aromatic amines is 1. The minimum Gasteiger partial charge on any atom is -0.462 e. The Morgan fingerprint density at radius 1 is 1.40 bits per heavy atom. The Bertz CT molecular complexity index is 585.